The summed E-state index contributed by atoms with van der Waals surface area (Å²) in [5.74, 6) is -1.17. The standard InChI is InChI=1S/C20H26F3N5O4S2/c1-12-11-33(14-5-6-16(34(4,31)32)15(9-14)20(21,22)23)19(26-12)27-18(30)25-10-13(17(24)29)7-8-28(2)3/h5-6,9,11,13H,7-8,10H2,1-4H3,(H3-,24,25,26,27,29,30)/p+1. The minimum Gasteiger partial charge on any atom is -0.369 e. The summed E-state index contributed by atoms with van der Waals surface area (Å²) in [6.45, 7) is 2.18. The van der Waals surface area contributed by atoms with Crippen molar-refractivity contribution in [2.24, 2.45) is 11.7 Å². The minimum atomic E-state index is -4.89. The molecule has 1 heterocycles. The van der Waals surface area contributed by atoms with Gasteiger partial charge in [0.2, 0.25) is 5.91 Å². The van der Waals surface area contributed by atoms with Crippen LogP contribution in [0.3, 0.4) is 0 Å². The predicted octanol–water partition coefficient (Wildman–Crippen LogP) is 2.73. The Morgan fingerprint density at radius 1 is 1.26 bits per heavy atom. The van der Waals surface area contributed by atoms with Crippen LogP contribution >= 0.6 is 10.5 Å². The molecule has 188 valence electrons. The average molecular weight is 523 g/mol. The van der Waals surface area contributed by atoms with E-state index in [1.54, 1.807) is 12.3 Å². The number of hydrogen-bond donors (Lipinski definition) is 3. The number of hydrogen-bond acceptors (Lipinski definition) is 6. The van der Waals surface area contributed by atoms with Crippen LogP contribution in [-0.4, -0.2) is 63.7 Å². The molecule has 4 N–H and O–H groups in total. The van der Waals surface area contributed by atoms with Crippen molar-refractivity contribution in [2.45, 2.75) is 24.4 Å². The Balaban J connectivity index is 2.28. The summed E-state index contributed by atoms with van der Waals surface area (Å²) in [6.07, 6.45) is -3.76. The number of nitrogens with two attached hydrogens (primary N) is 1. The van der Waals surface area contributed by atoms with E-state index in [1.807, 2.05) is 19.0 Å². The number of primary amides is 1. The van der Waals surface area contributed by atoms with Gasteiger partial charge in [-0.15, -0.1) is 0 Å². The van der Waals surface area contributed by atoms with Crippen LogP contribution in [-0.2, 0) is 20.8 Å². The average Bonchev–Trinajstić information content (AvgIpc) is 3.05. The van der Waals surface area contributed by atoms with E-state index in [9.17, 15) is 31.2 Å². The van der Waals surface area contributed by atoms with Crippen molar-refractivity contribution in [3.05, 3.63) is 34.8 Å². The summed E-state index contributed by atoms with van der Waals surface area (Å²) >= 11 is 0. The molecule has 0 fully saturated rings. The summed E-state index contributed by atoms with van der Waals surface area (Å²) in [6, 6.07) is 2.23. The third-order valence-corrected chi connectivity index (χ3v) is 7.84. The first-order valence-electron chi connectivity index (χ1n) is 10.00. The van der Waals surface area contributed by atoms with Crippen molar-refractivity contribution >= 4 is 37.4 Å². The minimum absolute atomic E-state index is 0.0241. The van der Waals surface area contributed by atoms with Crippen molar-refractivity contribution < 1.29 is 31.2 Å². The van der Waals surface area contributed by atoms with Gasteiger partial charge in [0.25, 0.3) is 0 Å². The SMILES string of the molecule is Cc1c[s+](-c2ccc(S(C)(=O)=O)c(C(F)(F)F)c2)c(NC(=O)NCC(CCN(C)C)C(N)=O)n1. The van der Waals surface area contributed by atoms with E-state index in [0.29, 0.717) is 24.9 Å². The number of alkyl halides is 3. The lowest BCUT2D eigenvalue weighted by Crippen LogP contribution is -2.39. The number of carbonyl (C=O) groups is 2. The lowest BCUT2D eigenvalue weighted by Gasteiger charge is -2.16. The first kappa shape index (κ1) is 27.5. The molecule has 9 nitrogen and oxygen atoms in total. The molecule has 0 radical (unpaired) electrons. The maximum absolute atomic E-state index is 13.6. The number of nitrogens with zero attached hydrogens (tertiary/aromatic N) is 2. The lowest BCUT2D eigenvalue weighted by molar-refractivity contribution is -0.139. The number of anilines is 1. The molecule has 0 aliphatic rings. The zero-order valence-corrected chi connectivity index (χ0v) is 20.7. The van der Waals surface area contributed by atoms with E-state index in [2.05, 4.69) is 15.6 Å². The van der Waals surface area contributed by atoms with Gasteiger partial charge in [-0.1, -0.05) is 0 Å². The van der Waals surface area contributed by atoms with Gasteiger partial charge >= 0.3 is 17.3 Å². The topological polar surface area (TPSA) is 134 Å². The highest BCUT2D eigenvalue weighted by atomic mass is 32.2. The molecule has 1 aromatic heterocycles. The highest BCUT2D eigenvalue weighted by Gasteiger charge is 2.38. The van der Waals surface area contributed by atoms with Gasteiger partial charge in [-0.05, 0) is 46.1 Å². The van der Waals surface area contributed by atoms with Crippen LogP contribution in [0.2, 0.25) is 0 Å². The summed E-state index contributed by atoms with van der Waals surface area (Å²) in [5, 5.41) is 6.73. The predicted molar refractivity (Wildman–Crippen MR) is 124 cm³/mol. The van der Waals surface area contributed by atoms with Crippen molar-refractivity contribution in [2.75, 3.05) is 38.8 Å². The van der Waals surface area contributed by atoms with Gasteiger partial charge in [0.05, 0.1) is 32.5 Å². The van der Waals surface area contributed by atoms with Gasteiger partial charge in [-0.25, -0.2) is 18.5 Å². The lowest BCUT2D eigenvalue weighted by atomic mass is 10.1. The van der Waals surface area contributed by atoms with Gasteiger partial charge in [-0.3, -0.25) is 4.79 Å². The van der Waals surface area contributed by atoms with Crippen molar-refractivity contribution in [3.63, 3.8) is 0 Å². The Labute approximate surface area is 198 Å². The maximum atomic E-state index is 13.6. The molecule has 3 amide bonds. The van der Waals surface area contributed by atoms with Crippen molar-refractivity contribution in [1.82, 2.24) is 15.2 Å². The van der Waals surface area contributed by atoms with E-state index in [-0.39, 0.29) is 16.6 Å². The number of rotatable bonds is 9. The van der Waals surface area contributed by atoms with E-state index in [1.165, 1.54) is 6.07 Å². The Kier molecular flexibility index (Phi) is 8.66. The molecular weight excluding hydrogens is 495 g/mol. The highest BCUT2D eigenvalue weighted by Crippen LogP contribution is 2.43. The van der Waals surface area contributed by atoms with Crippen LogP contribution in [0.5, 0.6) is 0 Å². The van der Waals surface area contributed by atoms with Gasteiger partial charge in [0.1, 0.15) is 0 Å². The molecule has 2 aromatic rings. The number of urea groups is 1. The maximum Gasteiger partial charge on any atom is 0.417 e. The zero-order valence-electron chi connectivity index (χ0n) is 19.1. The number of aromatic nitrogens is 1. The van der Waals surface area contributed by atoms with E-state index >= 15 is 0 Å². The van der Waals surface area contributed by atoms with Crippen LogP contribution in [0.4, 0.5) is 23.1 Å². The first-order chi connectivity index (χ1) is 15.6. The Morgan fingerprint density at radius 2 is 1.91 bits per heavy atom. The van der Waals surface area contributed by atoms with Gasteiger partial charge in [0, 0.05) is 18.9 Å². The second-order valence-corrected chi connectivity index (χ2v) is 11.7. The number of nitrogens with one attached hydrogen (secondary N) is 2. The van der Waals surface area contributed by atoms with Crippen LogP contribution in [0.15, 0.2) is 28.5 Å². The van der Waals surface area contributed by atoms with E-state index in [4.69, 9.17) is 5.73 Å². The number of amides is 3. The smallest absolute Gasteiger partial charge is 0.369 e. The largest absolute Gasteiger partial charge is 0.417 e. The Hall–Kier alpha value is -2.71. The molecule has 2 atom stereocenters. The second kappa shape index (κ2) is 10.7. The van der Waals surface area contributed by atoms with Crippen molar-refractivity contribution in [3.8, 4) is 4.90 Å². The van der Waals surface area contributed by atoms with Crippen molar-refractivity contribution in [1.29, 1.82) is 0 Å². The number of carbonyl (C=O) groups excluding carboxylic acids is 2. The number of thiazole rings is 1. The van der Waals surface area contributed by atoms with Gasteiger partial charge in [-0.2, -0.15) is 18.2 Å². The Morgan fingerprint density at radius 3 is 2.44 bits per heavy atom. The molecule has 0 saturated carbocycles. The quantitative estimate of drug-likeness (QED) is 0.434. The fraction of sp³-hybridized carbons (Fsp3) is 0.450. The van der Waals surface area contributed by atoms with E-state index < -0.39 is 54.8 Å². The highest BCUT2D eigenvalue weighted by molar-refractivity contribution is 7.90. The molecule has 14 heteroatoms. The third-order valence-electron chi connectivity index (χ3n) is 4.74. The second-order valence-electron chi connectivity index (χ2n) is 7.97. The molecule has 2 unspecified atom stereocenters. The number of aryl methyl sites for hydroxylation is 1. The van der Waals surface area contributed by atoms with Gasteiger partial charge < -0.3 is 16.0 Å². The molecule has 0 saturated heterocycles. The molecule has 0 aliphatic carbocycles. The van der Waals surface area contributed by atoms with Gasteiger partial charge in [0.15, 0.2) is 20.1 Å². The molecule has 34 heavy (non-hydrogen) atoms. The summed E-state index contributed by atoms with van der Waals surface area (Å²) in [4.78, 5) is 29.4. The monoisotopic (exact) mass is 522 g/mol. The molecule has 2 rings (SSSR count). The Bertz CT molecular complexity index is 1160. The zero-order chi connectivity index (χ0) is 25.8. The molecule has 0 aliphatic heterocycles. The molecule has 1 aromatic carbocycles. The van der Waals surface area contributed by atoms with Crippen LogP contribution in [0.1, 0.15) is 17.7 Å². The van der Waals surface area contributed by atoms with Crippen LogP contribution in [0.25, 0.3) is 4.90 Å². The first-order valence-corrected chi connectivity index (χ1v) is 13.2. The molecular formula is C20H27F3N5O4S2+. The fourth-order valence-corrected chi connectivity index (χ4v) is 5.69. The van der Waals surface area contributed by atoms with E-state index in [0.717, 1.165) is 12.1 Å². The normalized spacial score (nSPS) is 13.6. The fourth-order valence-electron chi connectivity index (χ4n) is 3.03. The molecule has 0 spiro atoms. The number of benzene rings is 1. The summed E-state index contributed by atoms with van der Waals surface area (Å²) in [7, 11) is -1.62. The molecule has 0 bridgehead atoms. The summed E-state index contributed by atoms with van der Waals surface area (Å²) in [5.41, 5.74) is 4.57. The summed E-state index contributed by atoms with van der Waals surface area (Å²) < 4.78 is 64.3. The number of sulfone groups is 1. The third kappa shape index (κ3) is 7.40. The van der Waals surface area contributed by atoms with Crippen LogP contribution in [0, 0.1) is 12.8 Å². The number of halogens is 3. The van der Waals surface area contributed by atoms with Crippen LogP contribution < -0.4 is 16.4 Å².